The Labute approximate surface area is 254 Å². The first-order chi connectivity index (χ1) is 18.3. The molecular formula is C33H70O4Si3. The minimum Gasteiger partial charge on any atom is -0.493 e. The predicted molar refractivity (Wildman–Crippen MR) is 183 cm³/mol. The quantitative estimate of drug-likeness (QED) is 0.162. The van der Waals surface area contributed by atoms with Crippen LogP contribution in [0.4, 0.5) is 0 Å². The molecule has 4 nitrogen and oxygen atoms in total. The molecule has 3 atom stereocenters. The first-order valence-corrected chi connectivity index (χ1v) is 23.0. The molecule has 1 aliphatic rings. The Bertz CT molecular complexity index is 708. The highest BCUT2D eigenvalue weighted by atomic mass is 28.4. The van der Waals surface area contributed by atoms with Crippen LogP contribution in [0.5, 0.6) is 0 Å². The fourth-order valence-electron chi connectivity index (χ4n) is 9.02. The third-order valence-corrected chi connectivity index (χ3v) is 28.8. The molecule has 1 heterocycles. The molecular weight excluding hydrogens is 545 g/mol. The molecule has 0 N–H and O–H groups in total. The van der Waals surface area contributed by atoms with Crippen LogP contribution < -0.4 is 0 Å². The van der Waals surface area contributed by atoms with Gasteiger partial charge in [0, 0.05) is 0 Å². The van der Waals surface area contributed by atoms with Crippen molar-refractivity contribution in [1.82, 2.24) is 0 Å². The molecule has 7 heteroatoms. The molecule has 0 amide bonds. The molecule has 1 unspecified atom stereocenters. The Hall–Kier alpha value is 0.0706. The summed E-state index contributed by atoms with van der Waals surface area (Å²) in [4.78, 5) is 0. The van der Waals surface area contributed by atoms with Gasteiger partial charge in [-0.1, -0.05) is 125 Å². The zero-order valence-corrected chi connectivity index (χ0v) is 32.9. The second-order valence-electron chi connectivity index (χ2n) is 15.4. The third kappa shape index (κ3) is 7.40. The topological polar surface area (TPSA) is 36.9 Å². The van der Waals surface area contributed by atoms with E-state index in [4.69, 9.17) is 18.0 Å². The van der Waals surface area contributed by atoms with Crippen LogP contribution in [0.25, 0.3) is 0 Å². The van der Waals surface area contributed by atoms with E-state index >= 15 is 0 Å². The van der Waals surface area contributed by atoms with Crippen molar-refractivity contribution in [3.8, 4) is 0 Å². The number of ether oxygens (including phenoxy) is 1. The Morgan fingerprint density at radius 2 is 0.825 bits per heavy atom. The average molecular weight is 615 g/mol. The van der Waals surface area contributed by atoms with Gasteiger partial charge < -0.3 is 18.0 Å². The maximum atomic E-state index is 7.62. The van der Waals surface area contributed by atoms with Crippen molar-refractivity contribution in [3.63, 3.8) is 0 Å². The Morgan fingerprint density at radius 3 is 1.15 bits per heavy atom. The van der Waals surface area contributed by atoms with Gasteiger partial charge >= 0.3 is 0 Å². The summed E-state index contributed by atoms with van der Waals surface area (Å²) in [6.07, 6.45) is 3.57. The molecule has 0 aromatic carbocycles. The molecule has 238 valence electrons. The normalized spacial score (nSPS) is 21.5. The van der Waals surface area contributed by atoms with E-state index in [-0.39, 0.29) is 18.3 Å². The largest absolute Gasteiger partial charge is 0.493 e. The molecule has 0 fully saturated rings. The van der Waals surface area contributed by atoms with E-state index < -0.39 is 25.0 Å². The summed E-state index contributed by atoms with van der Waals surface area (Å²) < 4.78 is 28.8. The smallest absolute Gasteiger partial charge is 0.201 e. The fraction of sp³-hybridized carbons (Fsp3) is 0.939. The lowest BCUT2D eigenvalue weighted by Crippen LogP contribution is -2.61. The fourth-order valence-corrected chi connectivity index (χ4v) is 25.5. The molecule has 0 radical (unpaired) electrons. The Kier molecular flexibility index (Phi) is 14.5. The monoisotopic (exact) mass is 614 g/mol. The van der Waals surface area contributed by atoms with Crippen molar-refractivity contribution >= 4 is 25.0 Å². The summed E-state index contributed by atoms with van der Waals surface area (Å²) in [5.41, 5.74) is 4.54. The number of rotatable bonds is 16. The Balaban J connectivity index is 3.72. The maximum absolute atomic E-state index is 7.62. The van der Waals surface area contributed by atoms with E-state index in [0.717, 1.165) is 0 Å². The van der Waals surface area contributed by atoms with Crippen LogP contribution in [-0.2, 0) is 18.0 Å². The second-order valence-corrected chi connectivity index (χ2v) is 31.7. The van der Waals surface area contributed by atoms with Gasteiger partial charge in [-0.25, -0.2) is 0 Å². The van der Waals surface area contributed by atoms with Crippen LogP contribution in [-0.4, -0.2) is 49.9 Å². The van der Waals surface area contributed by atoms with Gasteiger partial charge in [0.15, 0.2) is 0 Å². The van der Waals surface area contributed by atoms with Gasteiger partial charge in [0.2, 0.25) is 25.0 Å². The highest BCUT2D eigenvalue weighted by molar-refractivity contribution is 6.78. The van der Waals surface area contributed by atoms with E-state index in [2.05, 4.69) is 131 Å². The van der Waals surface area contributed by atoms with E-state index in [0.29, 0.717) is 56.5 Å². The van der Waals surface area contributed by atoms with Crippen molar-refractivity contribution < 1.29 is 18.0 Å². The number of hydrogen-bond donors (Lipinski definition) is 0. The molecule has 0 spiro atoms. The summed E-state index contributed by atoms with van der Waals surface area (Å²) in [6, 6.07) is 0. The zero-order chi connectivity index (χ0) is 31.4. The van der Waals surface area contributed by atoms with Crippen molar-refractivity contribution in [2.24, 2.45) is 0 Å². The summed E-state index contributed by atoms with van der Waals surface area (Å²) in [5, 5.41) is 0. The van der Waals surface area contributed by atoms with E-state index in [1.165, 1.54) is 0 Å². The van der Waals surface area contributed by atoms with E-state index in [1.54, 1.807) is 0 Å². The second kappa shape index (κ2) is 15.2. The highest BCUT2D eigenvalue weighted by Gasteiger charge is 2.54. The first kappa shape index (κ1) is 38.1. The van der Waals surface area contributed by atoms with Crippen molar-refractivity contribution in [2.75, 3.05) is 6.61 Å². The molecule has 0 saturated heterocycles. The minimum absolute atomic E-state index is 0.127. The maximum Gasteiger partial charge on any atom is 0.201 e. The molecule has 40 heavy (non-hydrogen) atoms. The van der Waals surface area contributed by atoms with E-state index in [9.17, 15) is 0 Å². The lowest BCUT2D eigenvalue weighted by Gasteiger charge is -2.51. The van der Waals surface area contributed by atoms with Crippen LogP contribution in [0.1, 0.15) is 125 Å². The van der Waals surface area contributed by atoms with Gasteiger partial charge in [0.25, 0.3) is 0 Å². The summed E-state index contributed by atoms with van der Waals surface area (Å²) >= 11 is 0. The van der Waals surface area contributed by atoms with Crippen LogP contribution in [0.15, 0.2) is 12.3 Å². The molecule has 0 aromatic rings. The summed E-state index contributed by atoms with van der Waals surface area (Å²) in [7, 11) is -6.45. The van der Waals surface area contributed by atoms with Crippen molar-refractivity contribution in [3.05, 3.63) is 12.3 Å². The van der Waals surface area contributed by atoms with E-state index in [1.807, 2.05) is 6.26 Å². The summed E-state index contributed by atoms with van der Waals surface area (Å²) in [6.45, 7) is 43.2. The van der Waals surface area contributed by atoms with Crippen LogP contribution in [0.3, 0.4) is 0 Å². The molecule has 0 saturated carbocycles. The first-order valence-electron chi connectivity index (χ1n) is 16.6. The third-order valence-electron chi connectivity index (χ3n) is 10.5. The Morgan fingerprint density at radius 1 is 0.500 bits per heavy atom. The molecule has 0 aliphatic carbocycles. The SMILES string of the molecule is CC(C)[Si](OC[C@H]1OC=CC(O[Si](C(C)C)(C(C)C)C(C)C)[C@@H]1O[Si](C(C)C)(C(C)C)C(C)C)(C(C)C)C(C)C. The lowest BCUT2D eigenvalue weighted by molar-refractivity contribution is -0.0707. The number of hydrogen-bond acceptors (Lipinski definition) is 4. The van der Waals surface area contributed by atoms with Crippen molar-refractivity contribution in [2.45, 2.75) is 193 Å². The van der Waals surface area contributed by atoms with Gasteiger partial charge in [-0.05, 0) is 55.9 Å². The van der Waals surface area contributed by atoms with Gasteiger partial charge in [0.05, 0.1) is 19.0 Å². The lowest BCUT2D eigenvalue weighted by atomic mass is 10.1. The van der Waals surface area contributed by atoms with Gasteiger partial charge in [-0.3, -0.25) is 0 Å². The minimum atomic E-state index is -2.22. The standard InChI is InChI=1S/C33H70O4Si3/c1-22(2)38(23(3)4,24(5)6)35-21-32-33(37-40(28(13)14,29(15)16)30(17)18)31(19-20-34-32)36-39(25(7)8,26(9)10)27(11)12/h19-20,22-33H,21H2,1-18H3/t31?,32-,33+/m1/s1. The molecule has 0 bridgehead atoms. The van der Waals surface area contributed by atoms with Crippen LogP contribution in [0, 0.1) is 0 Å². The predicted octanol–water partition coefficient (Wildman–Crippen LogP) is 11.2. The highest BCUT2D eigenvalue weighted by Crippen LogP contribution is 2.48. The average Bonchev–Trinajstić information content (AvgIpc) is 2.79. The van der Waals surface area contributed by atoms with Gasteiger partial charge in [-0.2, -0.15) is 0 Å². The zero-order valence-electron chi connectivity index (χ0n) is 29.9. The summed E-state index contributed by atoms with van der Waals surface area (Å²) in [5.74, 6) is 0. The molecule has 0 aromatic heterocycles. The van der Waals surface area contributed by atoms with Crippen LogP contribution in [0.2, 0.25) is 49.9 Å². The molecule has 1 rings (SSSR count). The van der Waals surface area contributed by atoms with Crippen molar-refractivity contribution in [1.29, 1.82) is 0 Å². The molecule has 1 aliphatic heterocycles. The van der Waals surface area contributed by atoms with Gasteiger partial charge in [-0.15, -0.1) is 0 Å². The van der Waals surface area contributed by atoms with Crippen LogP contribution >= 0.6 is 0 Å². The van der Waals surface area contributed by atoms with Gasteiger partial charge in [0.1, 0.15) is 12.2 Å².